The van der Waals surface area contributed by atoms with Crippen molar-refractivity contribution < 1.29 is 4.84 Å². The second-order valence-electron chi connectivity index (χ2n) is 2.34. The van der Waals surface area contributed by atoms with E-state index in [1.807, 2.05) is 43.3 Å². The molecule has 0 saturated heterocycles. The van der Waals surface area contributed by atoms with Gasteiger partial charge in [-0.25, -0.2) is 0 Å². The van der Waals surface area contributed by atoms with Crippen LogP contribution in [0, 0.1) is 11.3 Å². The molecule has 0 bridgehead atoms. The van der Waals surface area contributed by atoms with Crippen LogP contribution in [0.25, 0.3) is 0 Å². The molecule has 1 aromatic rings. The number of hydrogen-bond donors (Lipinski definition) is 0. The first kappa shape index (κ1) is 9.27. The zero-order valence-electron chi connectivity index (χ0n) is 7.40. The highest BCUT2D eigenvalue weighted by Gasteiger charge is 2.00. The summed E-state index contributed by atoms with van der Waals surface area (Å²) < 4.78 is 0. The van der Waals surface area contributed by atoms with Crippen molar-refractivity contribution in [3.05, 3.63) is 35.9 Å². The lowest BCUT2D eigenvalue weighted by Gasteiger charge is -1.96. The van der Waals surface area contributed by atoms with Gasteiger partial charge in [0, 0.05) is 5.56 Å². The van der Waals surface area contributed by atoms with Crippen LogP contribution in [0.5, 0.6) is 0 Å². The summed E-state index contributed by atoms with van der Waals surface area (Å²) in [4.78, 5) is 4.81. The molecule has 1 aromatic carbocycles. The molecule has 66 valence electrons. The fraction of sp³-hybridized carbons (Fsp3) is 0.200. The standard InChI is InChI=1S/C10H10N2O/c1-2-13-12-10(8-11)9-6-4-3-5-7-9/h3-7H,2H2,1H3. The van der Waals surface area contributed by atoms with Gasteiger partial charge in [-0.2, -0.15) is 5.26 Å². The number of benzene rings is 1. The van der Waals surface area contributed by atoms with Gasteiger partial charge >= 0.3 is 0 Å². The lowest BCUT2D eigenvalue weighted by atomic mass is 10.1. The third-order valence-electron chi connectivity index (χ3n) is 1.44. The number of rotatable bonds is 3. The lowest BCUT2D eigenvalue weighted by Crippen LogP contribution is -1.97. The summed E-state index contributed by atoms with van der Waals surface area (Å²) in [6, 6.07) is 11.2. The summed E-state index contributed by atoms with van der Waals surface area (Å²) in [6.07, 6.45) is 0. The highest BCUT2D eigenvalue weighted by Crippen LogP contribution is 2.00. The minimum atomic E-state index is 0.308. The summed E-state index contributed by atoms with van der Waals surface area (Å²) in [5, 5.41) is 12.4. The molecule has 0 aliphatic rings. The Bertz CT molecular complexity index is 325. The van der Waals surface area contributed by atoms with Gasteiger partial charge < -0.3 is 4.84 Å². The van der Waals surface area contributed by atoms with Gasteiger partial charge in [0.25, 0.3) is 0 Å². The quantitative estimate of drug-likeness (QED) is 0.519. The van der Waals surface area contributed by atoms with Crippen LogP contribution in [-0.4, -0.2) is 12.3 Å². The summed E-state index contributed by atoms with van der Waals surface area (Å²) in [5.41, 5.74) is 1.08. The molecule has 0 aromatic heterocycles. The van der Waals surface area contributed by atoms with Crippen LogP contribution in [0.1, 0.15) is 12.5 Å². The second-order valence-corrected chi connectivity index (χ2v) is 2.34. The van der Waals surface area contributed by atoms with E-state index in [4.69, 9.17) is 10.1 Å². The lowest BCUT2D eigenvalue weighted by molar-refractivity contribution is 0.159. The molecule has 0 radical (unpaired) electrons. The van der Waals surface area contributed by atoms with Crippen molar-refractivity contribution in [3.8, 4) is 6.07 Å². The van der Waals surface area contributed by atoms with Crippen LogP contribution in [-0.2, 0) is 4.84 Å². The molecule has 0 fully saturated rings. The number of nitrogens with zero attached hydrogens (tertiary/aromatic N) is 2. The molecule has 0 atom stereocenters. The van der Waals surface area contributed by atoms with E-state index >= 15 is 0 Å². The first-order valence-electron chi connectivity index (χ1n) is 4.04. The Morgan fingerprint density at radius 1 is 1.46 bits per heavy atom. The van der Waals surface area contributed by atoms with Crippen LogP contribution in [0.15, 0.2) is 35.5 Å². The first-order chi connectivity index (χ1) is 6.38. The predicted octanol–water partition coefficient (Wildman–Crippen LogP) is 1.95. The molecule has 0 heterocycles. The van der Waals surface area contributed by atoms with Gasteiger partial charge in [0.2, 0.25) is 0 Å². The van der Waals surface area contributed by atoms with Crippen molar-refractivity contribution in [2.75, 3.05) is 6.61 Å². The molecule has 0 amide bonds. The van der Waals surface area contributed by atoms with E-state index in [0.717, 1.165) is 5.56 Å². The maximum Gasteiger partial charge on any atom is 0.186 e. The van der Waals surface area contributed by atoms with E-state index in [2.05, 4.69) is 5.16 Å². The zero-order chi connectivity index (χ0) is 9.52. The molecule has 0 aliphatic carbocycles. The summed E-state index contributed by atoms with van der Waals surface area (Å²) in [7, 11) is 0. The van der Waals surface area contributed by atoms with Gasteiger partial charge in [-0.1, -0.05) is 35.5 Å². The fourth-order valence-electron chi connectivity index (χ4n) is 0.863. The predicted molar refractivity (Wildman–Crippen MR) is 50.2 cm³/mol. The maximum absolute atomic E-state index is 8.75. The van der Waals surface area contributed by atoms with Crippen LogP contribution < -0.4 is 0 Å². The Morgan fingerprint density at radius 3 is 2.69 bits per heavy atom. The molecular formula is C10H10N2O. The van der Waals surface area contributed by atoms with Gasteiger partial charge in [0.1, 0.15) is 12.7 Å². The largest absolute Gasteiger partial charge is 0.395 e. The van der Waals surface area contributed by atoms with Crippen molar-refractivity contribution in [2.45, 2.75) is 6.92 Å². The Balaban J connectivity index is 2.87. The number of hydrogen-bond acceptors (Lipinski definition) is 3. The highest BCUT2D eigenvalue weighted by molar-refractivity contribution is 6.11. The second kappa shape index (κ2) is 4.94. The fourth-order valence-corrected chi connectivity index (χ4v) is 0.863. The zero-order valence-corrected chi connectivity index (χ0v) is 7.40. The molecule has 1 rings (SSSR count). The van der Waals surface area contributed by atoms with Crippen LogP contribution >= 0.6 is 0 Å². The maximum atomic E-state index is 8.75. The minimum absolute atomic E-state index is 0.308. The molecule has 3 heteroatoms. The van der Waals surface area contributed by atoms with Crippen LogP contribution in [0.3, 0.4) is 0 Å². The van der Waals surface area contributed by atoms with Crippen molar-refractivity contribution in [1.29, 1.82) is 5.26 Å². The average Bonchev–Trinajstić information content (AvgIpc) is 2.21. The Hall–Kier alpha value is -1.82. The molecule has 0 spiro atoms. The van der Waals surface area contributed by atoms with Gasteiger partial charge in [-0.05, 0) is 6.92 Å². The van der Waals surface area contributed by atoms with E-state index in [1.54, 1.807) is 0 Å². The van der Waals surface area contributed by atoms with Gasteiger partial charge in [-0.15, -0.1) is 0 Å². The third-order valence-corrected chi connectivity index (χ3v) is 1.44. The molecule has 0 N–H and O–H groups in total. The Labute approximate surface area is 77.2 Å². The molecule has 0 aliphatic heterocycles. The van der Waals surface area contributed by atoms with E-state index in [0.29, 0.717) is 12.3 Å². The average molecular weight is 174 g/mol. The topological polar surface area (TPSA) is 45.4 Å². The number of nitriles is 1. The van der Waals surface area contributed by atoms with Crippen molar-refractivity contribution in [1.82, 2.24) is 0 Å². The third kappa shape index (κ3) is 2.60. The molecular weight excluding hydrogens is 164 g/mol. The van der Waals surface area contributed by atoms with Gasteiger partial charge in [-0.3, -0.25) is 0 Å². The monoisotopic (exact) mass is 174 g/mol. The summed E-state index contributed by atoms with van der Waals surface area (Å²) >= 11 is 0. The van der Waals surface area contributed by atoms with E-state index in [-0.39, 0.29) is 0 Å². The molecule has 0 saturated carbocycles. The van der Waals surface area contributed by atoms with Gasteiger partial charge in [0.05, 0.1) is 0 Å². The molecule has 3 nitrogen and oxygen atoms in total. The molecule has 13 heavy (non-hydrogen) atoms. The summed E-state index contributed by atoms with van der Waals surface area (Å²) in [6.45, 7) is 2.29. The van der Waals surface area contributed by atoms with Crippen LogP contribution in [0.4, 0.5) is 0 Å². The normalized spacial score (nSPS) is 10.6. The molecule has 0 unspecified atom stereocenters. The first-order valence-corrected chi connectivity index (χ1v) is 4.04. The van der Waals surface area contributed by atoms with Crippen molar-refractivity contribution >= 4 is 5.71 Å². The van der Waals surface area contributed by atoms with Crippen LogP contribution in [0.2, 0.25) is 0 Å². The van der Waals surface area contributed by atoms with E-state index in [1.165, 1.54) is 0 Å². The van der Waals surface area contributed by atoms with Gasteiger partial charge in [0.15, 0.2) is 5.71 Å². The van der Waals surface area contributed by atoms with Crippen molar-refractivity contribution in [2.24, 2.45) is 5.16 Å². The van der Waals surface area contributed by atoms with Crippen molar-refractivity contribution in [3.63, 3.8) is 0 Å². The Morgan fingerprint density at radius 2 is 2.15 bits per heavy atom. The number of oxime groups is 1. The minimum Gasteiger partial charge on any atom is -0.395 e. The van der Waals surface area contributed by atoms with E-state index in [9.17, 15) is 0 Å². The Kier molecular flexibility index (Phi) is 3.52. The van der Waals surface area contributed by atoms with E-state index < -0.39 is 0 Å². The highest BCUT2D eigenvalue weighted by atomic mass is 16.6. The summed E-state index contributed by atoms with van der Waals surface area (Å²) in [5.74, 6) is 0. The smallest absolute Gasteiger partial charge is 0.186 e. The SMILES string of the molecule is CCON=C(C#N)c1ccccc1.